The molecule has 1 aliphatic heterocycles. The molecule has 4 nitrogen and oxygen atoms in total. The molecular weight excluding hydrogens is 424 g/mol. The molecule has 0 radical (unpaired) electrons. The number of hydrogen-bond donors (Lipinski definition) is 0. The summed E-state index contributed by atoms with van der Waals surface area (Å²) in [7, 11) is 0. The standard InChI is InChI=1S/C25H28N4S.ClH/c1-17-18(2)29(16-22-15-27-19(3)30-22)24-23(17)9-12-26-25(24)28-13-10-21(11-14-28)20-7-5-4-6-8-20;/h4-9,12,15,21H,10-11,13-14,16H2,1-3H3;1H. The third-order valence-electron chi connectivity index (χ3n) is 6.58. The van der Waals surface area contributed by atoms with Crippen LogP contribution in [-0.2, 0) is 6.54 Å². The SMILES string of the molecule is Cc1ncc(Cn2c(C)c(C)c3ccnc(N4CCC(c5ccccc5)CC4)c32)s1.Cl. The van der Waals surface area contributed by atoms with Crippen LogP contribution in [0.3, 0.4) is 0 Å². The molecule has 5 rings (SSSR count). The summed E-state index contributed by atoms with van der Waals surface area (Å²) in [4.78, 5) is 13.1. The van der Waals surface area contributed by atoms with E-state index in [0.29, 0.717) is 5.92 Å². The average Bonchev–Trinajstić information content (AvgIpc) is 3.31. The molecule has 1 aliphatic rings. The second kappa shape index (κ2) is 9.01. The second-order valence-corrected chi connectivity index (χ2v) is 9.66. The predicted molar refractivity (Wildman–Crippen MR) is 133 cm³/mol. The topological polar surface area (TPSA) is 34.0 Å². The van der Waals surface area contributed by atoms with Gasteiger partial charge in [0.1, 0.15) is 0 Å². The lowest BCUT2D eigenvalue weighted by Crippen LogP contribution is -2.33. The number of piperidine rings is 1. The van der Waals surface area contributed by atoms with Crippen molar-refractivity contribution in [1.29, 1.82) is 0 Å². The van der Waals surface area contributed by atoms with Crippen molar-refractivity contribution in [2.45, 2.75) is 46.1 Å². The van der Waals surface area contributed by atoms with Gasteiger partial charge in [0.05, 0.1) is 17.1 Å². The van der Waals surface area contributed by atoms with Crippen LogP contribution in [-0.4, -0.2) is 27.6 Å². The number of nitrogens with zero attached hydrogens (tertiary/aromatic N) is 4. The first-order valence-corrected chi connectivity index (χ1v) is 11.6. The molecule has 1 saturated heterocycles. The van der Waals surface area contributed by atoms with Gasteiger partial charge in [0.25, 0.3) is 0 Å². The Morgan fingerprint density at radius 2 is 1.74 bits per heavy atom. The zero-order valence-corrected chi connectivity index (χ0v) is 20.0. The molecule has 6 heteroatoms. The van der Waals surface area contributed by atoms with Crippen LogP contribution in [0.2, 0.25) is 0 Å². The zero-order chi connectivity index (χ0) is 20.7. The lowest BCUT2D eigenvalue weighted by atomic mass is 9.89. The van der Waals surface area contributed by atoms with Crippen LogP contribution in [0.15, 0.2) is 48.8 Å². The van der Waals surface area contributed by atoms with Gasteiger partial charge in [-0.05, 0) is 56.7 Å². The molecule has 4 aromatic rings. The number of aryl methyl sites for hydroxylation is 2. The summed E-state index contributed by atoms with van der Waals surface area (Å²) < 4.78 is 2.45. The van der Waals surface area contributed by atoms with E-state index in [1.807, 2.05) is 12.4 Å². The number of anilines is 1. The number of benzene rings is 1. The highest BCUT2D eigenvalue weighted by molar-refractivity contribution is 7.11. The minimum absolute atomic E-state index is 0. The Morgan fingerprint density at radius 3 is 2.42 bits per heavy atom. The highest BCUT2D eigenvalue weighted by Crippen LogP contribution is 2.36. The molecule has 4 heterocycles. The van der Waals surface area contributed by atoms with Crippen molar-refractivity contribution in [3.63, 3.8) is 0 Å². The smallest absolute Gasteiger partial charge is 0.153 e. The molecule has 0 amide bonds. The summed E-state index contributed by atoms with van der Waals surface area (Å²) >= 11 is 1.78. The van der Waals surface area contributed by atoms with E-state index in [9.17, 15) is 0 Å². The fraction of sp³-hybridized carbons (Fsp3) is 0.360. The lowest BCUT2D eigenvalue weighted by molar-refractivity contribution is 0.503. The minimum atomic E-state index is 0. The van der Waals surface area contributed by atoms with Gasteiger partial charge in [-0.25, -0.2) is 9.97 Å². The largest absolute Gasteiger partial charge is 0.355 e. The second-order valence-electron chi connectivity index (χ2n) is 8.34. The van der Waals surface area contributed by atoms with Gasteiger partial charge in [-0.3, -0.25) is 0 Å². The molecule has 31 heavy (non-hydrogen) atoms. The monoisotopic (exact) mass is 452 g/mol. The first-order valence-electron chi connectivity index (χ1n) is 10.8. The maximum Gasteiger partial charge on any atom is 0.153 e. The molecule has 0 saturated carbocycles. The van der Waals surface area contributed by atoms with Crippen molar-refractivity contribution in [2.75, 3.05) is 18.0 Å². The molecule has 162 valence electrons. The van der Waals surface area contributed by atoms with Crippen LogP contribution in [0.25, 0.3) is 10.9 Å². The van der Waals surface area contributed by atoms with Crippen molar-refractivity contribution >= 4 is 40.5 Å². The number of fused-ring (bicyclic) bond motifs is 1. The Bertz CT molecular complexity index is 1170. The molecule has 1 fully saturated rings. The highest BCUT2D eigenvalue weighted by atomic mass is 35.5. The predicted octanol–water partition coefficient (Wildman–Crippen LogP) is 6.27. The van der Waals surface area contributed by atoms with Gasteiger partial charge in [-0.15, -0.1) is 23.7 Å². The molecule has 0 unspecified atom stereocenters. The van der Waals surface area contributed by atoms with Gasteiger partial charge in [0, 0.05) is 41.4 Å². The number of aromatic nitrogens is 3. The van der Waals surface area contributed by atoms with Crippen LogP contribution in [0.4, 0.5) is 5.82 Å². The van der Waals surface area contributed by atoms with Crippen molar-refractivity contribution in [3.05, 3.63) is 75.5 Å². The van der Waals surface area contributed by atoms with E-state index in [1.165, 1.54) is 45.4 Å². The van der Waals surface area contributed by atoms with Gasteiger partial charge >= 0.3 is 0 Å². The molecule has 0 bridgehead atoms. The highest BCUT2D eigenvalue weighted by Gasteiger charge is 2.25. The van der Waals surface area contributed by atoms with Crippen LogP contribution < -0.4 is 4.90 Å². The summed E-state index contributed by atoms with van der Waals surface area (Å²) in [5.74, 6) is 1.79. The van der Waals surface area contributed by atoms with Gasteiger partial charge in [-0.1, -0.05) is 30.3 Å². The Morgan fingerprint density at radius 1 is 1.00 bits per heavy atom. The Labute approximate surface area is 194 Å². The first kappa shape index (κ1) is 21.8. The van der Waals surface area contributed by atoms with Gasteiger partial charge in [0.15, 0.2) is 5.82 Å². The summed E-state index contributed by atoms with van der Waals surface area (Å²) in [5, 5.41) is 2.45. The van der Waals surface area contributed by atoms with Crippen LogP contribution in [0, 0.1) is 20.8 Å². The summed E-state index contributed by atoms with van der Waals surface area (Å²) in [6.07, 6.45) is 6.35. The van der Waals surface area contributed by atoms with Crippen molar-refractivity contribution in [2.24, 2.45) is 0 Å². The number of halogens is 1. The van der Waals surface area contributed by atoms with E-state index in [1.54, 1.807) is 11.3 Å². The molecule has 0 N–H and O–H groups in total. The summed E-state index contributed by atoms with van der Waals surface area (Å²) in [6.45, 7) is 9.50. The van der Waals surface area contributed by atoms with Crippen molar-refractivity contribution in [3.8, 4) is 0 Å². The Balaban J connectivity index is 0.00000231. The number of pyridine rings is 1. The van der Waals surface area contributed by atoms with Crippen molar-refractivity contribution in [1.82, 2.24) is 14.5 Å². The third kappa shape index (κ3) is 4.09. The average molecular weight is 453 g/mol. The maximum atomic E-state index is 4.88. The molecule has 3 aromatic heterocycles. The van der Waals surface area contributed by atoms with Crippen LogP contribution in [0.5, 0.6) is 0 Å². The van der Waals surface area contributed by atoms with E-state index in [-0.39, 0.29) is 12.4 Å². The van der Waals surface area contributed by atoms with Gasteiger partial charge in [-0.2, -0.15) is 0 Å². The molecule has 0 atom stereocenters. The van der Waals surface area contributed by atoms with Gasteiger partial charge < -0.3 is 9.47 Å². The minimum Gasteiger partial charge on any atom is -0.355 e. The summed E-state index contributed by atoms with van der Waals surface area (Å²) in [5.41, 5.74) is 5.43. The number of thiazole rings is 1. The third-order valence-corrected chi connectivity index (χ3v) is 7.47. The maximum absolute atomic E-state index is 4.88. The lowest BCUT2D eigenvalue weighted by Gasteiger charge is -2.33. The Kier molecular flexibility index (Phi) is 6.35. The molecule has 0 spiro atoms. The molecule has 1 aromatic carbocycles. The fourth-order valence-corrected chi connectivity index (χ4v) is 5.57. The normalized spacial score (nSPS) is 14.7. The first-order chi connectivity index (χ1) is 14.6. The van der Waals surface area contributed by atoms with E-state index in [4.69, 9.17) is 4.98 Å². The van der Waals surface area contributed by atoms with Crippen molar-refractivity contribution < 1.29 is 0 Å². The number of hydrogen-bond acceptors (Lipinski definition) is 4. The zero-order valence-electron chi connectivity index (χ0n) is 18.3. The van der Waals surface area contributed by atoms with E-state index in [2.05, 4.69) is 71.6 Å². The fourth-order valence-electron chi connectivity index (χ4n) is 4.79. The number of rotatable bonds is 4. The molecule has 0 aliphatic carbocycles. The van der Waals surface area contributed by atoms with Crippen LogP contribution in [0.1, 0.15) is 45.5 Å². The van der Waals surface area contributed by atoms with E-state index in [0.717, 1.165) is 30.5 Å². The molecular formula is C25H29ClN4S. The quantitative estimate of drug-likeness (QED) is 0.365. The van der Waals surface area contributed by atoms with E-state index < -0.39 is 0 Å². The van der Waals surface area contributed by atoms with Crippen LogP contribution >= 0.6 is 23.7 Å². The summed E-state index contributed by atoms with van der Waals surface area (Å²) in [6, 6.07) is 13.1. The Hall–Kier alpha value is -2.37. The van der Waals surface area contributed by atoms with E-state index >= 15 is 0 Å². The van der Waals surface area contributed by atoms with Gasteiger partial charge in [0.2, 0.25) is 0 Å².